The van der Waals surface area contributed by atoms with Crippen molar-refractivity contribution in [1.82, 2.24) is 5.32 Å². The molecule has 226 valence electrons. The van der Waals surface area contributed by atoms with Crippen molar-refractivity contribution in [2.75, 3.05) is 58.0 Å². The molecule has 7 heteroatoms. The van der Waals surface area contributed by atoms with Gasteiger partial charge in [0.1, 0.15) is 11.5 Å². The van der Waals surface area contributed by atoms with Crippen molar-refractivity contribution in [1.29, 1.82) is 0 Å². The third-order valence-corrected chi connectivity index (χ3v) is 8.30. The lowest BCUT2D eigenvalue weighted by Crippen LogP contribution is -2.41. The molecular weight excluding hydrogens is 528 g/mol. The topological polar surface area (TPSA) is 72.4 Å². The summed E-state index contributed by atoms with van der Waals surface area (Å²) in [5.74, 6) is 2.09. The number of hydrogen-bond acceptors (Lipinski definition) is 7. The number of nitrogens with one attached hydrogen (secondary N) is 1. The van der Waals surface area contributed by atoms with Gasteiger partial charge < -0.3 is 34.3 Å². The summed E-state index contributed by atoms with van der Waals surface area (Å²) in [6.07, 6.45) is 5.09. The average molecular weight is 575 g/mol. The lowest BCUT2D eigenvalue weighted by atomic mass is 9.87. The van der Waals surface area contributed by atoms with Crippen molar-refractivity contribution in [3.05, 3.63) is 89.0 Å². The fourth-order valence-corrected chi connectivity index (χ4v) is 6.04. The molecule has 1 fully saturated rings. The number of nitrogens with zero attached hydrogens (tertiary/aromatic N) is 1. The number of aryl methyl sites for hydroxylation is 1. The minimum atomic E-state index is 0.118. The molecule has 0 aliphatic carbocycles. The first-order valence-corrected chi connectivity index (χ1v) is 15.5. The van der Waals surface area contributed by atoms with Crippen molar-refractivity contribution in [2.24, 2.45) is 0 Å². The Kier molecular flexibility index (Phi) is 11.5. The maximum atomic E-state index is 9.31. The van der Waals surface area contributed by atoms with Gasteiger partial charge in [-0.25, -0.2) is 0 Å². The third-order valence-electron chi connectivity index (χ3n) is 8.30. The van der Waals surface area contributed by atoms with Gasteiger partial charge >= 0.3 is 0 Å². The lowest BCUT2D eigenvalue weighted by Gasteiger charge is -2.33. The molecule has 42 heavy (non-hydrogen) atoms. The quantitative estimate of drug-likeness (QED) is 0.233. The standard InChI is InChI=1S/C35H46N2O5/c1-39-34-9-3-2-7-30(34)26-40-21-6-22-41-31-14-12-28(13-15-31)32-16-17-36-24-35(32)42-25-27-10-11-29-8-4-18-37(19-5-20-38)33(29)23-27/h2-3,7,9-15,23,32,35-36,38H,4-6,8,16-22,24-26H2,1H3. The van der Waals surface area contributed by atoms with Gasteiger partial charge in [0.05, 0.1) is 39.6 Å². The molecule has 2 aliphatic heterocycles. The van der Waals surface area contributed by atoms with E-state index in [1.54, 1.807) is 7.11 Å². The molecular formula is C35H46N2O5. The van der Waals surface area contributed by atoms with E-state index < -0.39 is 0 Å². The molecule has 5 rings (SSSR count). The summed E-state index contributed by atoms with van der Waals surface area (Å²) in [5, 5.41) is 12.8. The Balaban J connectivity index is 1.08. The average Bonchev–Trinajstić information content (AvgIpc) is 3.05. The zero-order valence-electron chi connectivity index (χ0n) is 24.9. The van der Waals surface area contributed by atoms with Crippen LogP contribution in [-0.2, 0) is 29.1 Å². The Labute approximate surface area is 250 Å². The zero-order valence-corrected chi connectivity index (χ0v) is 24.9. The highest BCUT2D eigenvalue weighted by atomic mass is 16.5. The van der Waals surface area contributed by atoms with Crippen molar-refractivity contribution in [3.8, 4) is 11.5 Å². The van der Waals surface area contributed by atoms with Gasteiger partial charge in [-0.1, -0.05) is 42.5 Å². The highest BCUT2D eigenvalue weighted by Crippen LogP contribution is 2.32. The third kappa shape index (κ3) is 8.26. The second kappa shape index (κ2) is 15.9. The second-order valence-corrected chi connectivity index (χ2v) is 11.2. The van der Waals surface area contributed by atoms with E-state index >= 15 is 0 Å². The molecule has 0 saturated carbocycles. The van der Waals surface area contributed by atoms with Crippen molar-refractivity contribution >= 4 is 5.69 Å². The van der Waals surface area contributed by atoms with Gasteiger partial charge in [0.15, 0.2) is 0 Å². The Hall–Kier alpha value is -3.10. The summed E-state index contributed by atoms with van der Waals surface area (Å²) in [6, 6.07) is 23.3. The molecule has 0 bridgehead atoms. The lowest BCUT2D eigenvalue weighted by molar-refractivity contribution is 0.0106. The predicted molar refractivity (Wildman–Crippen MR) is 167 cm³/mol. The van der Waals surface area contributed by atoms with Crippen molar-refractivity contribution in [2.45, 2.75) is 57.3 Å². The fourth-order valence-electron chi connectivity index (χ4n) is 6.04. The maximum absolute atomic E-state index is 9.31. The van der Waals surface area contributed by atoms with Crippen LogP contribution in [0.3, 0.4) is 0 Å². The van der Waals surface area contributed by atoms with Crippen LogP contribution < -0.4 is 19.7 Å². The molecule has 0 radical (unpaired) electrons. The van der Waals surface area contributed by atoms with Crippen LogP contribution in [0.25, 0.3) is 0 Å². The van der Waals surface area contributed by atoms with Crippen LogP contribution in [0.2, 0.25) is 0 Å². The highest BCUT2D eigenvalue weighted by molar-refractivity contribution is 5.57. The number of hydrogen-bond donors (Lipinski definition) is 2. The molecule has 3 aromatic rings. The van der Waals surface area contributed by atoms with E-state index in [0.717, 1.165) is 68.9 Å². The Bertz CT molecular complexity index is 1230. The monoisotopic (exact) mass is 574 g/mol. The molecule has 2 heterocycles. The van der Waals surface area contributed by atoms with E-state index in [2.05, 4.69) is 52.7 Å². The first kappa shape index (κ1) is 30.4. The number of piperidine rings is 1. The first-order valence-electron chi connectivity index (χ1n) is 15.5. The van der Waals surface area contributed by atoms with E-state index in [4.69, 9.17) is 18.9 Å². The smallest absolute Gasteiger partial charge is 0.124 e. The Morgan fingerprint density at radius 1 is 0.976 bits per heavy atom. The summed E-state index contributed by atoms with van der Waals surface area (Å²) in [6.45, 7) is 6.43. The molecule has 2 atom stereocenters. The number of aliphatic hydroxyl groups is 1. The van der Waals surface area contributed by atoms with E-state index in [1.165, 1.54) is 28.8 Å². The fraction of sp³-hybridized carbons (Fsp3) is 0.486. The van der Waals surface area contributed by atoms with Gasteiger partial charge in [-0.15, -0.1) is 0 Å². The van der Waals surface area contributed by atoms with Crippen LogP contribution in [0, 0.1) is 0 Å². The van der Waals surface area contributed by atoms with E-state index in [-0.39, 0.29) is 12.7 Å². The molecule has 2 N–H and O–H groups in total. The summed E-state index contributed by atoms with van der Waals surface area (Å²) in [7, 11) is 1.68. The van der Waals surface area contributed by atoms with Crippen LogP contribution in [0.4, 0.5) is 5.69 Å². The van der Waals surface area contributed by atoms with Crippen LogP contribution in [0.15, 0.2) is 66.7 Å². The molecule has 7 nitrogen and oxygen atoms in total. The largest absolute Gasteiger partial charge is 0.496 e. The van der Waals surface area contributed by atoms with Gasteiger partial charge in [0.25, 0.3) is 0 Å². The van der Waals surface area contributed by atoms with Gasteiger partial charge in [-0.2, -0.15) is 0 Å². The van der Waals surface area contributed by atoms with E-state index in [1.807, 2.05) is 24.3 Å². The number of ether oxygens (including phenoxy) is 4. The number of fused-ring (bicyclic) bond motifs is 1. The summed E-state index contributed by atoms with van der Waals surface area (Å²) >= 11 is 0. The number of aliphatic hydroxyl groups excluding tert-OH is 1. The maximum Gasteiger partial charge on any atom is 0.124 e. The van der Waals surface area contributed by atoms with Crippen molar-refractivity contribution in [3.63, 3.8) is 0 Å². The van der Waals surface area contributed by atoms with E-state index in [9.17, 15) is 5.11 Å². The summed E-state index contributed by atoms with van der Waals surface area (Å²) in [5.41, 5.74) is 6.29. The molecule has 0 spiro atoms. The summed E-state index contributed by atoms with van der Waals surface area (Å²) in [4.78, 5) is 2.42. The van der Waals surface area contributed by atoms with Crippen LogP contribution in [0.5, 0.6) is 11.5 Å². The zero-order chi connectivity index (χ0) is 29.0. The van der Waals surface area contributed by atoms with E-state index in [0.29, 0.717) is 32.3 Å². The highest BCUT2D eigenvalue weighted by Gasteiger charge is 2.27. The number of benzene rings is 3. The molecule has 0 aromatic heterocycles. The summed E-state index contributed by atoms with van der Waals surface area (Å²) < 4.78 is 23.7. The molecule has 1 saturated heterocycles. The Morgan fingerprint density at radius 3 is 2.71 bits per heavy atom. The molecule has 2 aliphatic rings. The normalized spacial score (nSPS) is 18.5. The molecule has 3 aromatic carbocycles. The minimum Gasteiger partial charge on any atom is -0.496 e. The Morgan fingerprint density at radius 2 is 1.86 bits per heavy atom. The first-order chi connectivity index (χ1) is 20.7. The minimum absolute atomic E-state index is 0.118. The van der Waals surface area contributed by atoms with Crippen LogP contribution in [0.1, 0.15) is 53.9 Å². The van der Waals surface area contributed by atoms with Gasteiger partial charge in [0.2, 0.25) is 0 Å². The molecule has 0 amide bonds. The number of rotatable bonds is 15. The SMILES string of the molecule is COc1ccccc1COCCCOc1ccc(C2CCNCC2OCc2ccc3c(c2)N(CCCO)CCC3)cc1. The second-order valence-electron chi connectivity index (χ2n) is 11.2. The number of methoxy groups -OCH3 is 1. The number of anilines is 1. The van der Waals surface area contributed by atoms with Gasteiger partial charge in [0, 0.05) is 49.8 Å². The van der Waals surface area contributed by atoms with Gasteiger partial charge in [-0.3, -0.25) is 0 Å². The number of para-hydroxylation sites is 1. The predicted octanol–water partition coefficient (Wildman–Crippen LogP) is 5.48. The van der Waals surface area contributed by atoms with Gasteiger partial charge in [-0.05, 0) is 73.2 Å². The molecule has 2 unspecified atom stereocenters. The van der Waals surface area contributed by atoms with Crippen molar-refractivity contribution < 1.29 is 24.1 Å². The van der Waals surface area contributed by atoms with Crippen LogP contribution >= 0.6 is 0 Å². The van der Waals surface area contributed by atoms with Crippen LogP contribution in [-0.4, -0.2) is 64.3 Å².